The highest BCUT2D eigenvalue weighted by Gasteiger charge is 2.31. The van der Waals surface area contributed by atoms with E-state index in [1.165, 1.54) is 9.78 Å². The van der Waals surface area contributed by atoms with Gasteiger partial charge in [-0.2, -0.15) is 0 Å². The molecular formula is C24H31N5O3S2. The molecule has 0 aliphatic heterocycles. The summed E-state index contributed by atoms with van der Waals surface area (Å²) in [7, 11) is 3.23. The summed E-state index contributed by atoms with van der Waals surface area (Å²) in [5.74, 6) is -0.0418. The van der Waals surface area contributed by atoms with Gasteiger partial charge in [-0.25, -0.2) is 0 Å². The first-order valence-corrected chi connectivity index (χ1v) is 12.6. The molecule has 1 aromatic carbocycles. The number of aromatic hydroxyl groups is 1. The van der Waals surface area contributed by atoms with Crippen molar-refractivity contribution in [2.75, 3.05) is 24.7 Å². The first-order valence-electron chi connectivity index (χ1n) is 10.7. The number of thiophene rings is 1. The number of carbonyl (C=O) groups excluding carboxylic acids is 1. The van der Waals surface area contributed by atoms with Crippen molar-refractivity contribution in [3.63, 3.8) is 0 Å². The molecule has 0 saturated carbocycles. The van der Waals surface area contributed by atoms with Crippen LogP contribution in [-0.4, -0.2) is 43.3 Å². The van der Waals surface area contributed by atoms with Gasteiger partial charge in [0, 0.05) is 32.6 Å². The van der Waals surface area contributed by atoms with Crippen LogP contribution in [0.15, 0.2) is 30.8 Å². The van der Waals surface area contributed by atoms with Gasteiger partial charge in [0.25, 0.3) is 5.91 Å². The van der Waals surface area contributed by atoms with Gasteiger partial charge < -0.3 is 25.2 Å². The van der Waals surface area contributed by atoms with Gasteiger partial charge in [0.15, 0.2) is 16.9 Å². The monoisotopic (exact) mass is 501 g/mol. The lowest BCUT2D eigenvalue weighted by Gasteiger charge is -2.30. The maximum absolute atomic E-state index is 12.8. The molecule has 0 bridgehead atoms. The van der Waals surface area contributed by atoms with E-state index in [4.69, 9.17) is 0 Å². The molecule has 1 unspecified atom stereocenters. The fraction of sp³-hybridized carbons (Fsp3) is 0.375. The number of hydrogen-bond donors (Lipinski definition) is 3. The number of aromatic nitrogens is 2. The van der Waals surface area contributed by atoms with Crippen molar-refractivity contribution in [3.05, 3.63) is 51.7 Å². The van der Waals surface area contributed by atoms with Gasteiger partial charge in [-0.15, -0.1) is 11.3 Å². The molecule has 3 rings (SSSR count). The highest BCUT2D eigenvalue weighted by atomic mass is 32.2. The van der Waals surface area contributed by atoms with Crippen molar-refractivity contribution in [2.24, 2.45) is 5.41 Å². The van der Waals surface area contributed by atoms with Crippen LogP contribution in [0.25, 0.3) is 5.57 Å². The van der Waals surface area contributed by atoms with Gasteiger partial charge in [0.05, 0.1) is 17.3 Å². The Kier molecular flexibility index (Phi) is 7.35. The average molecular weight is 502 g/mol. The number of hydrogen-bond acceptors (Lipinski definition) is 8. The fourth-order valence-electron chi connectivity index (χ4n) is 3.51. The minimum atomic E-state index is -1.81. The minimum absolute atomic E-state index is 0.114. The third-order valence-electron chi connectivity index (χ3n) is 5.27. The Morgan fingerprint density at radius 1 is 1.21 bits per heavy atom. The smallest absolute Gasteiger partial charge is 0.257 e. The summed E-state index contributed by atoms with van der Waals surface area (Å²) < 4.78 is 20.5. The van der Waals surface area contributed by atoms with Gasteiger partial charge in [-0.3, -0.25) is 4.79 Å². The third kappa shape index (κ3) is 5.40. The zero-order valence-electron chi connectivity index (χ0n) is 20.5. The van der Waals surface area contributed by atoms with E-state index in [0.29, 0.717) is 17.0 Å². The highest BCUT2D eigenvalue weighted by molar-refractivity contribution is 7.14. The molecule has 34 heavy (non-hydrogen) atoms. The van der Waals surface area contributed by atoms with Crippen LogP contribution in [0, 0.1) is 12.3 Å². The molecule has 3 N–H and O–H groups in total. The molecule has 1 amide bonds. The maximum Gasteiger partial charge on any atom is 0.257 e. The van der Waals surface area contributed by atoms with Crippen LogP contribution in [0.1, 0.15) is 59.4 Å². The molecule has 10 heteroatoms. The molecule has 0 aliphatic rings. The van der Waals surface area contributed by atoms with E-state index in [-0.39, 0.29) is 40.2 Å². The molecule has 2 aromatic heterocycles. The van der Waals surface area contributed by atoms with Crippen LogP contribution in [0.3, 0.4) is 0 Å². The maximum atomic E-state index is 12.8. The van der Waals surface area contributed by atoms with Crippen LogP contribution in [0.4, 0.5) is 17.3 Å². The summed E-state index contributed by atoms with van der Waals surface area (Å²) in [6.45, 7) is 14.1. The second kappa shape index (κ2) is 9.73. The molecule has 0 saturated heterocycles. The van der Waals surface area contributed by atoms with Gasteiger partial charge in [-0.05, 0) is 43.0 Å². The summed E-state index contributed by atoms with van der Waals surface area (Å²) in [6, 6.07) is 7.37. The van der Waals surface area contributed by atoms with E-state index >= 15 is 0 Å². The molecule has 0 spiro atoms. The Bertz CT molecular complexity index is 1220. The number of carbonyl (C=O) groups is 1. The number of allylic oxidation sites excluding steroid dienone is 1. The van der Waals surface area contributed by atoms with Gasteiger partial charge >= 0.3 is 0 Å². The molecule has 0 radical (unpaired) electrons. The fourth-order valence-corrected chi connectivity index (χ4v) is 5.31. The number of anilines is 3. The highest BCUT2D eigenvalue weighted by Crippen LogP contribution is 2.42. The number of benzene rings is 1. The van der Waals surface area contributed by atoms with Crippen LogP contribution in [0.2, 0.25) is 0 Å². The lowest BCUT2D eigenvalue weighted by molar-refractivity contribution is 0.0824. The zero-order chi connectivity index (χ0) is 25.4. The van der Waals surface area contributed by atoms with Gasteiger partial charge in [0.2, 0.25) is 11.6 Å². The predicted molar refractivity (Wildman–Crippen MR) is 140 cm³/mol. The van der Waals surface area contributed by atoms with Crippen molar-refractivity contribution in [2.45, 2.75) is 40.7 Å². The molecule has 2 atom stereocenters. The van der Waals surface area contributed by atoms with Crippen LogP contribution < -0.4 is 10.6 Å². The van der Waals surface area contributed by atoms with Crippen molar-refractivity contribution >= 4 is 51.3 Å². The lowest BCUT2D eigenvalue weighted by Crippen LogP contribution is -2.25. The molecule has 0 aliphatic carbocycles. The number of rotatable bonds is 7. The first kappa shape index (κ1) is 25.7. The second-order valence-electron chi connectivity index (χ2n) is 9.49. The molecule has 2 heterocycles. The van der Waals surface area contributed by atoms with Crippen LogP contribution >= 0.6 is 22.5 Å². The SMILES string of the molecule is C=C(C)c1ccc(Nc2n[s+]([O-])nc2N[C@@H](c2ccc(C)s2)C(C)(C)C)c(O)c1C(=O)N(C)C. The minimum Gasteiger partial charge on any atom is -0.546 e. The van der Waals surface area contributed by atoms with E-state index in [2.05, 4.69) is 65.8 Å². The topological polar surface area (TPSA) is 113 Å². The van der Waals surface area contributed by atoms with Crippen molar-refractivity contribution in [3.8, 4) is 5.75 Å². The third-order valence-corrected chi connectivity index (χ3v) is 7.01. The normalized spacial score (nSPS) is 12.9. The summed E-state index contributed by atoms with van der Waals surface area (Å²) in [6.07, 6.45) is 0. The largest absolute Gasteiger partial charge is 0.546 e. The van der Waals surface area contributed by atoms with E-state index < -0.39 is 11.1 Å². The zero-order valence-corrected chi connectivity index (χ0v) is 22.1. The average Bonchev–Trinajstić information content (AvgIpc) is 3.30. The van der Waals surface area contributed by atoms with E-state index in [1.54, 1.807) is 44.5 Å². The van der Waals surface area contributed by atoms with E-state index in [1.807, 2.05) is 0 Å². The lowest BCUT2D eigenvalue weighted by atomic mass is 9.86. The predicted octanol–water partition coefficient (Wildman–Crippen LogP) is 5.96. The van der Waals surface area contributed by atoms with Crippen LogP contribution in [-0.2, 0) is 0 Å². The first-order chi connectivity index (χ1) is 15.8. The summed E-state index contributed by atoms with van der Waals surface area (Å²) >= 11 is -0.125. The number of nitrogens with zero attached hydrogens (tertiary/aromatic N) is 3. The Hall–Kier alpha value is -2.95. The summed E-state index contributed by atoms with van der Waals surface area (Å²) in [5, 5.41) is 17.4. The quantitative estimate of drug-likeness (QED) is 0.270. The number of phenols is 1. The summed E-state index contributed by atoms with van der Waals surface area (Å²) in [4.78, 5) is 16.5. The van der Waals surface area contributed by atoms with Gasteiger partial charge in [0.1, 0.15) is 0 Å². The van der Waals surface area contributed by atoms with Gasteiger partial charge in [-0.1, -0.05) is 39.0 Å². The number of phenolic OH excluding ortho intramolecular Hbond substituents is 1. The van der Waals surface area contributed by atoms with Crippen molar-refractivity contribution < 1.29 is 14.5 Å². The second-order valence-corrected chi connectivity index (χ2v) is 11.6. The summed E-state index contributed by atoms with van der Waals surface area (Å²) in [5.41, 5.74) is 1.41. The number of aryl methyl sites for hydroxylation is 1. The van der Waals surface area contributed by atoms with Crippen molar-refractivity contribution in [1.82, 2.24) is 13.6 Å². The molecular weight excluding hydrogens is 470 g/mol. The number of amides is 1. The molecule has 0 fully saturated rings. The van der Waals surface area contributed by atoms with E-state index in [0.717, 1.165) is 4.88 Å². The van der Waals surface area contributed by atoms with Crippen LogP contribution in [0.5, 0.6) is 5.75 Å². The Morgan fingerprint density at radius 2 is 1.85 bits per heavy atom. The Labute approximate surface area is 207 Å². The standard InChI is InChI=1S/C24H31N5O3S2/c1-13(2)15-10-11-16(19(30)18(15)23(31)29(7)8)25-21-22(28-34(32)27-21)26-20(24(4,5)6)17-12-9-14(3)33-17/h9-12,20,30H,1H2,2-8H3,(H,25,27)(H,26,28)/t20-,34?/m0/s1. The number of nitrogens with one attached hydrogen (secondary N) is 2. The van der Waals surface area contributed by atoms with E-state index in [9.17, 15) is 14.5 Å². The Balaban J connectivity index is 2.02. The Morgan fingerprint density at radius 3 is 2.38 bits per heavy atom. The molecule has 8 nitrogen and oxygen atoms in total. The molecule has 182 valence electrons. The molecule has 3 aromatic rings. The van der Waals surface area contributed by atoms with Crippen molar-refractivity contribution in [1.29, 1.82) is 0 Å².